The van der Waals surface area contributed by atoms with Gasteiger partial charge in [0.1, 0.15) is 17.7 Å². The van der Waals surface area contributed by atoms with Gasteiger partial charge in [0.2, 0.25) is 11.8 Å². The molecule has 0 spiro atoms. The van der Waals surface area contributed by atoms with Gasteiger partial charge in [0.25, 0.3) is 0 Å². The first-order valence-corrected chi connectivity index (χ1v) is 11.7. The van der Waals surface area contributed by atoms with Crippen molar-refractivity contribution in [3.8, 4) is 0 Å². The van der Waals surface area contributed by atoms with E-state index >= 15 is 0 Å². The van der Waals surface area contributed by atoms with E-state index in [-0.39, 0.29) is 17.7 Å². The first-order chi connectivity index (χ1) is 15.1. The van der Waals surface area contributed by atoms with Gasteiger partial charge in [-0.15, -0.1) is 0 Å². The lowest BCUT2D eigenvalue weighted by Crippen LogP contribution is -2.59. The summed E-state index contributed by atoms with van der Waals surface area (Å²) in [5, 5.41) is 5.53. The second kappa shape index (κ2) is 11.6. The van der Waals surface area contributed by atoms with E-state index in [4.69, 9.17) is 4.74 Å². The number of rotatable bonds is 8. The van der Waals surface area contributed by atoms with Gasteiger partial charge >= 0.3 is 6.09 Å². The minimum atomic E-state index is -0.987. The Morgan fingerprint density at radius 2 is 1.73 bits per heavy atom. The molecule has 8 heteroatoms. The average Bonchev–Trinajstić information content (AvgIpc) is 2.66. The quantitative estimate of drug-likeness (QED) is 0.486. The Hall–Kier alpha value is -2.48. The number of nitrogens with zero attached hydrogens (tertiary/aromatic N) is 1. The van der Waals surface area contributed by atoms with E-state index in [1.165, 1.54) is 4.90 Å². The Morgan fingerprint density at radius 3 is 2.18 bits per heavy atom. The zero-order valence-corrected chi connectivity index (χ0v) is 22.0. The molecule has 0 aliphatic carbocycles. The summed E-state index contributed by atoms with van der Waals surface area (Å²) in [6, 6.07) is 5.29. The topological polar surface area (TPSA) is 87.7 Å². The van der Waals surface area contributed by atoms with Crippen LogP contribution in [0.15, 0.2) is 30.8 Å². The minimum absolute atomic E-state index is 0.0376. The fourth-order valence-electron chi connectivity index (χ4n) is 3.29. The van der Waals surface area contributed by atoms with Gasteiger partial charge < -0.3 is 20.3 Å². The van der Waals surface area contributed by atoms with E-state index in [0.29, 0.717) is 5.56 Å². The maximum Gasteiger partial charge on any atom is 0.408 e. The number of hydrogen-bond donors (Lipinski definition) is 3. The van der Waals surface area contributed by atoms with Crippen molar-refractivity contribution in [1.29, 1.82) is 0 Å². The number of carbonyl (C=O) groups excluding carboxylic acids is 3. The highest BCUT2D eigenvalue weighted by molar-refractivity contribution is 7.80. The molecular weight excluding hydrogens is 438 g/mol. The van der Waals surface area contributed by atoms with E-state index in [1.54, 1.807) is 32.9 Å². The molecule has 0 saturated carbocycles. The summed E-state index contributed by atoms with van der Waals surface area (Å²) in [4.78, 5) is 41.1. The van der Waals surface area contributed by atoms with Crippen molar-refractivity contribution < 1.29 is 19.1 Å². The van der Waals surface area contributed by atoms with Gasteiger partial charge in [0.05, 0.1) is 0 Å². The predicted molar refractivity (Wildman–Crippen MR) is 136 cm³/mol. The molecule has 2 N–H and O–H groups in total. The molecule has 0 aromatic heterocycles. The smallest absolute Gasteiger partial charge is 0.408 e. The van der Waals surface area contributed by atoms with Crippen LogP contribution in [0.5, 0.6) is 0 Å². The van der Waals surface area contributed by atoms with Gasteiger partial charge in [0, 0.05) is 17.3 Å². The van der Waals surface area contributed by atoms with Crippen molar-refractivity contribution in [2.75, 3.05) is 5.75 Å². The van der Waals surface area contributed by atoms with Gasteiger partial charge in [-0.05, 0) is 72.6 Å². The van der Waals surface area contributed by atoms with Gasteiger partial charge in [0.15, 0.2) is 0 Å². The second-order valence-corrected chi connectivity index (χ2v) is 10.6. The van der Waals surface area contributed by atoms with E-state index in [0.717, 1.165) is 5.56 Å². The Kier molecular flexibility index (Phi) is 10.0. The summed E-state index contributed by atoms with van der Waals surface area (Å²) >= 11 is 4.29. The van der Waals surface area contributed by atoms with Gasteiger partial charge in [-0.2, -0.15) is 12.6 Å². The summed E-state index contributed by atoms with van der Waals surface area (Å²) in [6.45, 7) is 18.3. The minimum Gasteiger partial charge on any atom is -0.444 e. The first kappa shape index (κ1) is 28.6. The molecule has 2 unspecified atom stereocenters. The molecule has 0 aliphatic heterocycles. The SMILES string of the molecule is C=Cc1cccc(C(C(=O)NC(C)C)N(C(=O)C(CS)NC(=O)OC(C)(C)C)C(C)(C)C)c1. The second-order valence-electron chi connectivity index (χ2n) is 10.2. The third kappa shape index (κ3) is 8.76. The molecule has 1 aromatic carbocycles. The highest BCUT2D eigenvalue weighted by Gasteiger charge is 2.41. The number of benzene rings is 1. The lowest BCUT2D eigenvalue weighted by atomic mass is 9.94. The van der Waals surface area contributed by atoms with Crippen molar-refractivity contribution >= 4 is 36.6 Å². The van der Waals surface area contributed by atoms with Crippen LogP contribution in [0.1, 0.15) is 72.6 Å². The molecule has 33 heavy (non-hydrogen) atoms. The lowest BCUT2D eigenvalue weighted by molar-refractivity contribution is -0.148. The largest absolute Gasteiger partial charge is 0.444 e. The summed E-state index contributed by atoms with van der Waals surface area (Å²) in [5.74, 6) is -0.712. The van der Waals surface area contributed by atoms with Crippen LogP contribution in [0.3, 0.4) is 0 Å². The molecule has 1 aromatic rings. The van der Waals surface area contributed by atoms with Crippen molar-refractivity contribution in [1.82, 2.24) is 15.5 Å². The molecule has 7 nitrogen and oxygen atoms in total. The highest BCUT2D eigenvalue weighted by Crippen LogP contribution is 2.31. The number of nitrogens with one attached hydrogen (secondary N) is 2. The lowest BCUT2D eigenvalue weighted by Gasteiger charge is -2.43. The van der Waals surface area contributed by atoms with Gasteiger partial charge in [-0.25, -0.2) is 4.79 Å². The number of hydrogen-bond acceptors (Lipinski definition) is 5. The van der Waals surface area contributed by atoms with Crippen LogP contribution < -0.4 is 10.6 Å². The van der Waals surface area contributed by atoms with Crippen LogP contribution in [-0.2, 0) is 14.3 Å². The summed E-state index contributed by atoms with van der Waals surface area (Å²) in [6.07, 6.45) is 0.964. The van der Waals surface area contributed by atoms with E-state index in [2.05, 4.69) is 29.8 Å². The molecule has 0 aliphatic rings. The van der Waals surface area contributed by atoms with Crippen LogP contribution in [0, 0.1) is 0 Å². The summed E-state index contributed by atoms with van der Waals surface area (Å²) in [5.41, 5.74) is -0.00218. The van der Waals surface area contributed by atoms with Crippen molar-refractivity contribution in [3.63, 3.8) is 0 Å². The zero-order chi connectivity index (χ0) is 25.6. The fourth-order valence-corrected chi connectivity index (χ4v) is 3.53. The van der Waals surface area contributed by atoms with Crippen LogP contribution in [0.4, 0.5) is 4.79 Å². The number of thiol groups is 1. The van der Waals surface area contributed by atoms with Crippen LogP contribution in [0.2, 0.25) is 0 Å². The molecule has 184 valence electrons. The zero-order valence-electron chi connectivity index (χ0n) is 21.1. The number of amides is 3. The Labute approximate surface area is 203 Å². The van der Waals surface area contributed by atoms with Crippen molar-refractivity contribution in [3.05, 3.63) is 42.0 Å². The Bertz CT molecular complexity index is 856. The maximum absolute atomic E-state index is 13.8. The molecule has 0 heterocycles. The predicted octanol–water partition coefficient (Wildman–Crippen LogP) is 4.35. The highest BCUT2D eigenvalue weighted by atomic mass is 32.1. The third-order valence-electron chi connectivity index (χ3n) is 4.53. The standard InChI is InChI=1S/C25H39N3O4S/c1-10-17-12-11-13-18(14-17)20(21(29)26-16(2)3)28(24(4,5)6)22(30)19(15-33)27-23(31)32-25(7,8)9/h10-14,16,19-20,33H,1,15H2,2-9H3,(H,26,29)(H,27,31). The molecule has 3 amide bonds. The Balaban J connectivity index is 3.50. The third-order valence-corrected chi connectivity index (χ3v) is 4.90. The van der Waals surface area contributed by atoms with Gasteiger partial charge in [-0.3, -0.25) is 9.59 Å². The Morgan fingerprint density at radius 1 is 1.12 bits per heavy atom. The fraction of sp³-hybridized carbons (Fsp3) is 0.560. The molecule has 0 saturated heterocycles. The normalized spacial score (nSPS) is 13.6. The van der Waals surface area contributed by atoms with Crippen molar-refractivity contribution in [2.24, 2.45) is 0 Å². The number of carbonyl (C=O) groups is 3. The van der Waals surface area contributed by atoms with Crippen LogP contribution in [-0.4, -0.2) is 51.8 Å². The molecule has 0 radical (unpaired) electrons. The maximum atomic E-state index is 13.8. The first-order valence-electron chi connectivity index (χ1n) is 11.1. The molecule has 0 fully saturated rings. The molecule has 0 bridgehead atoms. The van der Waals surface area contributed by atoms with E-state index in [1.807, 2.05) is 52.8 Å². The average molecular weight is 478 g/mol. The van der Waals surface area contributed by atoms with E-state index in [9.17, 15) is 14.4 Å². The molecule has 1 rings (SSSR count). The monoisotopic (exact) mass is 477 g/mol. The summed E-state index contributed by atoms with van der Waals surface area (Å²) in [7, 11) is 0. The summed E-state index contributed by atoms with van der Waals surface area (Å²) < 4.78 is 5.32. The number of ether oxygens (including phenoxy) is 1. The van der Waals surface area contributed by atoms with Crippen LogP contribution >= 0.6 is 12.6 Å². The van der Waals surface area contributed by atoms with E-state index < -0.39 is 35.2 Å². The molecular formula is C25H39N3O4S. The van der Waals surface area contributed by atoms with Crippen LogP contribution in [0.25, 0.3) is 6.08 Å². The number of alkyl carbamates (subject to hydrolysis) is 1. The van der Waals surface area contributed by atoms with Crippen molar-refractivity contribution in [2.45, 2.75) is 84.7 Å². The molecule has 2 atom stereocenters. The van der Waals surface area contributed by atoms with Gasteiger partial charge in [-0.1, -0.05) is 30.9 Å².